The van der Waals surface area contributed by atoms with Gasteiger partial charge in [0.2, 0.25) is 0 Å². The maximum Gasteiger partial charge on any atom is 0.389 e. The molecule has 0 amide bonds. The van der Waals surface area contributed by atoms with E-state index >= 15 is 0 Å². The van der Waals surface area contributed by atoms with Crippen LogP contribution < -0.4 is 0 Å². The number of piperidine rings is 1. The third-order valence-corrected chi connectivity index (χ3v) is 5.83. The molecule has 178 valence electrons. The van der Waals surface area contributed by atoms with Crippen molar-refractivity contribution in [3.05, 3.63) is 35.4 Å². The standard InChI is InChI=1S/C26H36F3NO2/c1-5-6-19-7-9-21(10-8-19)23-17-20(18-24(31)32)13-16-30(23)22(11-14-25(2,3)4)12-15-26(27,28)29/h7-10,20,22-23H,5-6,12-13,15-18H2,1-4H3,(H,31,32)/t20-,22-,23+/m1/s1. The molecule has 0 saturated carbocycles. The van der Waals surface area contributed by atoms with Crippen LogP contribution in [0.5, 0.6) is 0 Å². The number of aryl methyl sites for hydroxylation is 1. The van der Waals surface area contributed by atoms with Crippen molar-refractivity contribution >= 4 is 5.97 Å². The average molecular weight is 452 g/mol. The molecule has 0 bridgehead atoms. The summed E-state index contributed by atoms with van der Waals surface area (Å²) >= 11 is 0. The number of alkyl halides is 3. The van der Waals surface area contributed by atoms with E-state index in [4.69, 9.17) is 0 Å². The van der Waals surface area contributed by atoms with Gasteiger partial charge in [0.1, 0.15) is 0 Å². The van der Waals surface area contributed by atoms with Crippen LogP contribution in [-0.4, -0.2) is 34.7 Å². The second-order valence-electron chi connectivity index (χ2n) is 9.92. The van der Waals surface area contributed by atoms with Gasteiger partial charge in [-0.25, -0.2) is 0 Å². The van der Waals surface area contributed by atoms with Crippen molar-refractivity contribution in [3.8, 4) is 11.8 Å². The Morgan fingerprint density at radius 1 is 1.22 bits per heavy atom. The van der Waals surface area contributed by atoms with Crippen LogP contribution in [0.15, 0.2) is 24.3 Å². The zero-order valence-corrected chi connectivity index (χ0v) is 19.6. The lowest BCUT2D eigenvalue weighted by Crippen LogP contribution is -2.44. The van der Waals surface area contributed by atoms with E-state index in [1.54, 1.807) is 0 Å². The molecule has 0 radical (unpaired) electrons. The SMILES string of the molecule is CCCc1ccc([C@@H]2C[C@H](CC(=O)O)CCN2[C@H](C#CC(C)(C)C)CCC(F)(F)F)cc1. The summed E-state index contributed by atoms with van der Waals surface area (Å²) in [5.74, 6) is 5.46. The van der Waals surface area contributed by atoms with Gasteiger partial charge in [-0.3, -0.25) is 9.69 Å². The average Bonchev–Trinajstić information content (AvgIpc) is 2.67. The first-order chi connectivity index (χ1) is 14.9. The third-order valence-electron chi connectivity index (χ3n) is 5.83. The van der Waals surface area contributed by atoms with E-state index in [9.17, 15) is 23.1 Å². The second-order valence-corrected chi connectivity index (χ2v) is 9.92. The molecule has 6 heteroatoms. The Hall–Kier alpha value is -2.00. The van der Waals surface area contributed by atoms with Crippen molar-refractivity contribution in [2.24, 2.45) is 11.3 Å². The zero-order chi connectivity index (χ0) is 23.9. The lowest BCUT2D eigenvalue weighted by Gasteiger charge is -2.42. The number of aliphatic carboxylic acids is 1. The largest absolute Gasteiger partial charge is 0.481 e. The fourth-order valence-electron chi connectivity index (χ4n) is 4.31. The molecule has 1 aromatic carbocycles. The highest BCUT2D eigenvalue weighted by molar-refractivity contribution is 5.67. The van der Waals surface area contributed by atoms with Crippen LogP contribution >= 0.6 is 0 Å². The van der Waals surface area contributed by atoms with Gasteiger partial charge in [-0.2, -0.15) is 13.2 Å². The maximum atomic E-state index is 13.1. The number of carboxylic acid groups (broad SMARTS) is 1. The Bertz CT molecular complexity index is 800. The minimum Gasteiger partial charge on any atom is -0.481 e. The smallest absolute Gasteiger partial charge is 0.389 e. The summed E-state index contributed by atoms with van der Waals surface area (Å²) in [6.07, 6.45) is -1.84. The molecule has 1 fully saturated rings. The van der Waals surface area contributed by atoms with E-state index in [1.165, 1.54) is 5.56 Å². The van der Waals surface area contributed by atoms with Crippen LogP contribution in [0.2, 0.25) is 0 Å². The minimum absolute atomic E-state index is 0.00269. The Kier molecular flexibility index (Phi) is 9.21. The lowest BCUT2D eigenvalue weighted by molar-refractivity contribution is -0.140. The summed E-state index contributed by atoms with van der Waals surface area (Å²) in [7, 11) is 0. The van der Waals surface area contributed by atoms with Crippen LogP contribution in [0, 0.1) is 23.2 Å². The van der Waals surface area contributed by atoms with Crippen LogP contribution in [0.4, 0.5) is 13.2 Å². The summed E-state index contributed by atoms with van der Waals surface area (Å²) in [5, 5.41) is 9.28. The number of hydrogen-bond acceptors (Lipinski definition) is 2. The highest BCUT2D eigenvalue weighted by atomic mass is 19.4. The molecule has 1 saturated heterocycles. The van der Waals surface area contributed by atoms with Gasteiger partial charge in [0, 0.05) is 30.8 Å². The van der Waals surface area contributed by atoms with Gasteiger partial charge in [-0.15, -0.1) is 0 Å². The first kappa shape index (κ1) is 26.3. The van der Waals surface area contributed by atoms with Crippen molar-refractivity contribution < 1.29 is 23.1 Å². The quantitative estimate of drug-likeness (QED) is 0.451. The second kappa shape index (κ2) is 11.2. The summed E-state index contributed by atoms with van der Waals surface area (Å²) in [4.78, 5) is 13.4. The molecule has 1 aromatic rings. The highest BCUT2D eigenvalue weighted by Gasteiger charge is 2.36. The molecule has 1 aliphatic heterocycles. The van der Waals surface area contributed by atoms with Gasteiger partial charge in [0.05, 0.1) is 6.04 Å². The predicted molar refractivity (Wildman–Crippen MR) is 121 cm³/mol. The number of rotatable bonds is 8. The van der Waals surface area contributed by atoms with E-state index in [2.05, 4.69) is 35.8 Å². The summed E-state index contributed by atoms with van der Waals surface area (Å²) in [6.45, 7) is 8.50. The minimum atomic E-state index is -4.24. The maximum absolute atomic E-state index is 13.1. The molecular formula is C26H36F3NO2. The van der Waals surface area contributed by atoms with Gasteiger partial charge in [0.15, 0.2) is 0 Å². The molecule has 0 aromatic heterocycles. The third kappa shape index (κ3) is 8.86. The Morgan fingerprint density at radius 3 is 2.41 bits per heavy atom. The molecule has 2 rings (SSSR count). The van der Waals surface area contributed by atoms with Crippen LogP contribution in [-0.2, 0) is 11.2 Å². The van der Waals surface area contributed by atoms with Gasteiger partial charge < -0.3 is 5.11 Å². The normalized spacial score (nSPS) is 21.0. The molecule has 3 nitrogen and oxygen atoms in total. The number of carboxylic acids is 1. The molecule has 0 aliphatic carbocycles. The molecule has 0 spiro atoms. The summed E-state index contributed by atoms with van der Waals surface area (Å²) in [6, 6.07) is 7.57. The number of benzene rings is 1. The Labute approximate surface area is 190 Å². The van der Waals surface area contributed by atoms with E-state index in [0.717, 1.165) is 18.4 Å². The van der Waals surface area contributed by atoms with Gasteiger partial charge in [-0.05, 0) is 63.5 Å². The van der Waals surface area contributed by atoms with Gasteiger partial charge in [0.25, 0.3) is 0 Å². The fourth-order valence-corrected chi connectivity index (χ4v) is 4.31. The molecule has 1 heterocycles. The van der Waals surface area contributed by atoms with Crippen molar-refractivity contribution in [1.82, 2.24) is 4.90 Å². The zero-order valence-electron chi connectivity index (χ0n) is 19.6. The van der Waals surface area contributed by atoms with E-state index < -0.39 is 24.6 Å². The first-order valence-electron chi connectivity index (χ1n) is 11.5. The van der Waals surface area contributed by atoms with Crippen LogP contribution in [0.3, 0.4) is 0 Å². The number of likely N-dealkylation sites (tertiary alicyclic amines) is 1. The number of hydrogen-bond donors (Lipinski definition) is 1. The Balaban J connectivity index is 2.37. The van der Waals surface area contributed by atoms with Gasteiger partial charge in [-0.1, -0.05) is 49.5 Å². The molecule has 0 unspecified atom stereocenters. The van der Waals surface area contributed by atoms with Crippen LogP contribution in [0.1, 0.15) is 83.4 Å². The summed E-state index contributed by atoms with van der Waals surface area (Å²) in [5.41, 5.74) is 1.94. The number of nitrogens with zero attached hydrogens (tertiary/aromatic N) is 1. The molecule has 1 aliphatic rings. The number of halogens is 3. The van der Waals surface area contributed by atoms with E-state index in [1.807, 2.05) is 32.9 Å². The van der Waals surface area contributed by atoms with Crippen molar-refractivity contribution in [3.63, 3.8) is 0 Å². The topological polar surface area (TPSA) is 40.5 Å². The molecule has 1 N–H and O–H groups in total. The van der Waals surface area contributed by atoms with Gasteiger partial charge >= 0.3 is 12.1 Å². The monoisotopic (exact) mass is 451 g/mol. The number of carbonyl (C=O) groups is 1. The van der Waals surface area contributed by atoms with E-state index in [-0.39, 0.29) is 30.2 Å². The molecule has 32 heavy (non-hydrogen) atoms. The van der Waals surface area contributed by atoms with Crippen molar-refractivity contribution in [2.45, 2.75) is 90.9 Å². The predicted octanol–water partition coefficient (Wildman–Crippen LogP) is 6.63. The van der Waals surface area contributed by atoms with E-state index in [0.29, 0.717) is 19.4 Å². The highest BCUT2D eigenvalue weighted by Crippen LogP contribution is 2.38. The fraction of sp³-hybridized carbons (Fsp3) is 0.654. The Morgan fingerprint density at radius 2 is 1.88 bits per heavy atom. The van der Waals surface area contributed by atoms with Crippen molar-refractivity contribution in [1.29, 1.82) is 0 Å². The van der Waals surface area contributed by atoms with Crippen molar-refractivity contribution in [2.75, 3.05) is 6.54 Å². The summed E-state index contributed by atoms with van der Waals surface area (Å²) < 4.78 is 39.2. The van der Waals surface area contributed by atoms with Crippen LogP contribution in [0.25, 0.3) is 0 Å². The first-order valence-corrected chi connectivity index (χ1v) is 11.5. The lowest BCUT2D eigenvalue weighted by atomic mass is 9.83. The molecular weight excluding hydrogens is 415 g/mol. The molecule has 3 atom stereocenters.